The molecule has 0 bridgehead atoms. The van der Waals surface area contributed by atoms with E-state index in [0.717, 1.165) is 11.3 Å². The molecule has 0 aliphatic carbocycles. The fourth-order valence-corrected chi connectivity index (χ4v) is 1.79. The Kier molecular flexibility index (Phi) is 3.79. The summed E-state index contributed by atoms with van der Waals surface area (Å²) in [4.78, 5) is 15.9. The van der Waals surface area contributed by atoms with Crippen LogP contribution in [0.25, 0.3) is 0 Å². The van der Waals surface area contributed by atoms with Gasteiger partial charge >= 0.3 is 6.03 Å². The molecule has 19 heavy (non-hydrogen) atoms. The Morgan fingerprint density at radius 3 is 2.84 bits per heavy atom. The Bertz CT molecular complexity index is 564. The maximum Gasteiger partial charge on any atom is 0.320 e. The summed E-state index contributed by atoms with van der Waals surface area (Å²) in [6.07, 6.45) is 3.44. The highest BCUT2D eigenvalue weighted by atomic mass is 16.2. The lowest BCUT2D eigenvalue weighted by atomic mass is 10.1. The van der Waals surface area contributed by atoms with E-state index in [9.17, 15) is 4.79 Å². The quantitative estimate of drug-likeness (QED) is 0.885. The third-order valence-corrected chi connectivity index (χ3v) is 2.78. The van der Waals surface area contributed by atoms with E-state index in [1.165, 1.54) is 0 Å². The largest absolute Gasteiger partial charge is 0.331 e. The molecule has 6 heteroatoms. The molecule has 0 fully saturated rings. The molecule has 0 aliphatic heterocycles. The summed E-state index contributed by atoms with van der Waals surface area (Å²) in [7, 11) is 1.78. The number of amides is 2. The van der Waals surface area contributed by atoms with Crippen LogP contribution in [0.1, 0.15) is 24.2 Å². The second-order valence-corrected chi connectivity index (χ2v) is 4.40. The van der Waals surface area contributed by atoms with Gasteiger partial charge in [-0.05, 0) is 25.5 Å². The van der Waals surface area contributed by atoms with E-state index in [1.807, 2.05) is 32.0 Å². The van der Waals surface area contributed by atoms with Crippen molar-refractivity contribution in [3.05, 3.63) is 41.9 Å². The van der Waals surface area contributed by atoms with E-state index in [1.54, 1.807) is 24.1 Å². The van der Waals surface area contributed by atoms with Crippen LogP contribution in [0.3, 0.4) is 0 Å². The lowest BCUT2D eigenvalue weighted by molar-refractivity contribution is 0.249. The average molecular weight is 259 g/mol. The highest BCUT2D eigenvalue weighted by Gasteiger charge is 2.11. The molecule has 0 saturated heterocycles. The van der Waals surface area contributed by atoms with Gasteiger partial charge < -0.3 is 5.32 Å². The van der Waals surface area contributed by atoms with Gasteiger partial charge in [-0.3, -0.25) is 15.0 Å². The Morgan fingerprint density at radius 1 is 1.47 bits per heavy atom. The molecule has 2 aromatic rings. The molecule has 100 valence electrons. The average Bonchev–Trinajstić information content (AvgIpc) is 2.68. The molecule has 2 N–H and O–H groups in total. The number of anilines is 1. The van der Waals surface area contributed by atoms with E-state index in [2.05, 4.69) is 20.7 Å². The molecule has 0 unspecified atom stereocenters. The predicted octanol–water partition coefficient (Wildman–Crippen LogP) is 2.01. The van der Waals surface area contributed by atoms with Crippen LogP contribution in [0, 0.1) is 6.92 Å². The van der Waals surface area contributed by atoms with Gasteiger partial charge in [0.05, 0.1) is 11.7 Å². The van der Waals surface area contributed by atoms with Crippen LogP contribution in [0.2, 0.25) is 0 Å². The molecular weight excluding hydrogens is 242 g/mol. The molecular formula is C13H17N5O. The zero-order valence-corrected chi connectivity index (χ0v) is 11.2. The first-order chi connectivity index (χ1) is 9.06. The Hall–Kier alpha value is -2.37. The number of pyridine rings is 1. The Morgan fingerprint density at radius 2 is 2.26 bits per heavy atom. The zero-order chi connectivity index (χ0) is 13.8. The molecule has 2 aromatic heterocycles. The lowest BCUT2D eigenvalue weighted by Gasteiger charge is -2.14. The van der Waals surface area contributed by atoms with Crippen LogP contribution >= 0.6 is 0 Å². The van der Waals surface area contributed by atoms with Crippen LogP contribution in [0.15, 0.2) is 30.6 Å². The van der Waals surface area contributed by atoms with Gasteiger partial charge in [0.1, 0.15) is 5.82 Å². The highest BCUT2D eigenvalue weighted by Crippen LogP contribution is 2.11. The molecule has 2 amide bonds. The van der Waals surface area contributed by atoms with Crippen molar-refractivity contribution in [1.29, 1.82) is 0 Å². The normalized spacial score (nSPS) is 11.9. The summed E-state index contributed by atoms with van der Waals surface area (Å²) in [5.41, 5.74) is 1.82. The maximum atomic E-state index is 11.9. The second-order valence-electron chi connectivity index (χ2n) is 4.40. The number of carbonyl (C=O) groups is 1. The first-order valence-electron chi connectivity index (χ1n) is 6.04. The van der Waals surface area contributed by atoms with E-state index in [4.69, 9.17) is 0 Å². The predicted molar refractivity (Wildman–Crippen MR) is 72.8 cm³/mol. The molecule has 0 radical (unpaired) electrons. The van der Waals surface area contributed by atoms with Gasteiger partial charge in [0.2, 0.25) is 0 Å². The zero-order valence-electron chi connectivity index (χ0n) is 11.2. The van der Waals surface area contributed by atoms with Gasteiger partial charge in [-0.15, -0.1) is 0 Å². The first kappa shape index (κ1) is 13.1. The summed E-state index contributed by atoms with van der Waals surface area (Å²) >= 11 is 0. The molecule has 0 saturated carbocycles. The highest BCUT2D eigenvalue weighted by molar-refractivity contribution is 5.88. The van der Waals surface area contributed by atoms with Crippen molar-refractivity contribution >= 4 is 11.8 Å². The smallest absolute Gasteiger partial charge is 0.320 e. The van der Waals surface area contributed by atoms with Gasteiger partial charge in [0.25, 0.3) is 0 Å². The fourth-order valence-electron chi connectivity index (χ4n) is 1.79. The monoisotopic (exact) mass is 259 g/mol. The maximum absolute atomic E-state index is 11.9. The lowest BCUT2D eigenvalue weighted by Crippen LogP contribution is -2.31. The topological polar surface area (TPSA) is 71.8 Å². The third kappa shape index (κ3) is 3.31. The summed E-state index contributed by atoms with van der Waals surface area (Å²) in [6.45, 7) is 3.78. The molecule has 0 spiro atoms. The SMILES string of the molecule is Cc1cc(NC(=O)N[C@H](C)c2cccnc2)n(C)n1. The summed E-state index contributed by atoms with van der Waals surface area (Å²) in [5, 5.41) is 9.78. The number of hydrogen-bond donors (Lipinski definition) is 2. The number of hydrogen-bond acceptors (Lipinski definition) is 3. The van der Waals surface area contributed by atoms with E-state index >= 15 is 0 Å². The van der Waals surface area contributed by atoms with Crippen molar-refractivity contribution in [3.8, 4) is 0 Å². The Balaban J connectivity index is 1.96. The minimum Gasteiger partial charge on any atom is -0.331 e. The summed E-state index contributed by atoms with van der Waals surface area (Å²) in [6, 6.07) is 5.21. The molecule has 2 heterocycles. The Labute approximate surface area is 111 Å². The molecule has 0 aliphatic rings. The van der Waals surface area contributed by atoms with E-state index in [-0.39, 0.29) is 12.1 Å². The molecule has 1 atom stereocenters. The molecule has 0 aromatic carbocycles. The van der Waals surface area contributed by atoms with Gasteiger partial charge in [-0.1, -0.05) is 6.07 Å². The minimum atomic E-state index is -0.264. The van der Waals surface area contributed by atoms with Crippen LogP contribution < -0.4 is 10.6 Å². The number of nitrogens with zero attached hydrogens (tertiary/aromatic N) is 3. The number of carbonyl (C=O) groups excluding carboxylic acids is 1. The molecule has 6 nitrogen and oxygen atoms in total. The van der Waals surface area contributed by atoms with Gasteiger partial charge in [-0.25, -0.2) is 4.79 Å². The van der Waals surface area contributed by atoms with Crippen LogP contribution in [0.5, 0.6) is 0 Å². The standard InChI is InChI=1S/C13H17N5O/c1-9-7-12(18(3)17-9)16-13(19)15-10(2)11-5-4-6-14-8-11/h4-8,10H,1-3H3,(H2,15,16,19)/t10-/m1/s1. The first-order valence-corrected chi connectivity index (χ1v) is 6.04. The number of aromatic nitrogens is 3. The van der Waals surface area contributed by atoms with E-state index < -0.39 is 0 Å². The van der Waals surface area contributed by atoms with Gasteiger partial charge in [0.15, 0.2) is 0 Å². The van der Waals surface area contributed by atoms with Crippen molar-refractivity contribution in [1.82, 2.24) is 20.1 Å². The van der Waals surface area contributed by atoms with Crippen LogP contribution in [-0.2, 0) is 7.05 Å². The minimum absolute atomic E-state index is 0.108. The van der Waals surface area contributed by atoms with Crippen molar-refractivity contribution in [2.75, 3.05) is 5.32 Å². The number of urea groups is 1. The van der Waals surface area contributed by atoms with Crippen molar-refractivity contribution in [2.45, 2.75) is 19.9 Å². The van der Waals surface area contributed by atoms with E-state index in [0.29, 0.717) is 5.82 Å². The summed E-state index contributed by atoms with van der Waals surface area (Å²) < 4.78 is 1.63. The number of aryl methyl sites for hydroxylation is 2. The van der Waals surface area contributed by atoms with Gasteiger partial charge in [0, 0.05) is 25.5 Å². The van der Waals surface area contributed by atoms with Crippen molar-refractivity contribution in [2.24, 2.45) is 7.05 Å². The molecule has 2 rings (SSSR count). The van der Waals surface area contributed by atoms with Crippen LogP contribution in [-0.4, -0.2) is 20.8 Å². The van der Waals surface area contributed by atoms with Crippen molar-refractivity contribution in [3.63, 3.8) is 0 Å². The van der Waals surface area contributed by atoms with Gasteiger partial charge in [-0.2, -0.15) is 5.10 Å². The second kappa shape index (κ2) is 5.51. The third-order valence-electron chi connectivity index (χ3n) is 2.78. The number of nitrogens with one attached hydrogen (secondary N) is 2. The van der Waals surface area contributed by atoms with Crippen molar-refractivity contribution < 1.29 is 4.79 Å². The number of rotatable bonds is 3. The fraction of sp³-hybridized carbons (Fsp3) is 0.308. The van der Waals surface area contributed by atoms with Crippen LogP contribution in [0.4, 0.5) is 10.6 Å². The summed E-state index contributed by atoms with van der Waals surface area (Å²) in [5.74, 6) is 0.661.